The molecule has 0 fully saturated rings. The first-order valence-electron chi connectivity index (χ1n) is 15.8. The van der Waals surface area contributed by atoms with Gasteiger partial charge in [0.15, 0.2) is 17.5 Å². The SMILES string of the molecule is CC1(C)c2cc(C#N)ccc2-c2ccc(-c3cccc(-c4ccc(-c5nc(-c6ccccc6)nc(-c6ccccc6)n5)cc4)c3)cc21. The van der Waals surface area contributed by atoms with Gasteiger partial charge in [-0.3, -0.25) is 0 Å². The Morgan fingerprint density at radius 2 is 0.851 bits per heavy atom. The molecule has 0 atom stereocenters. The van der Waals surface area contributed by atoms with Crippen molar-refractivity contribution in [3.8, 4) is 73.6 Å². The molecule has 0 aliphatic heterocycles. The van der Waals surface area contributed by atoms with Crippen LogP contribution in [0.1, 0.15) is 30.5 Å². The van der Waals surface area contributed by atoms with Crippen LogP contribution in [0.15, 0.2) is 146 Å². The number of nitrogens with zero attached hydrogens (tertiary/aromatic N) is 4. The van der Waals surface area contributed by atoms with Crippen molar-refractivity contribution >= 4 is 0 Å². The van der Waals surface area contributed by atoms with Crippen molar-refractivity contribution in [2.24, 2.45) is 0 Å². The van der Waals surface area contributed by atoms with Crippen molar-refractivity contribution in [2.45, 2.75) is 19.3 Å². The second-order valence-electron chi connectivity index (χ2n) is 12.5. The van der Waals surface area contributed by atoms with Crippen LogP contribution in [0.25, 0.3) is 67.5 Å². The molecule has 0 saturated carbocycles. The molecular formula is C43H30N4. The van der Waals surface area contributed by atoms with Gasteiger partial charge in [0.1, 0.15) is 0 Å². The van der Waals surface area contributed by atoms with Gasteiger partial charge in [0, 0.05) is 22.1 Å². The van der Waals surface area contributed by atoms with Gasteiger partial charge in [0.2, 0.25) is 0 Å². The summed E-state index contributed by atoms with van der Waals surface area (Å²) in [5, 5.41) is 9.49. The van der Waals surface area contributed by atoms with Crippen LogP contribution in [0.5, 0.6) is 0 Å². The van der Waals surface area contributed by atoms with Crippen LogP contribution in [-0.2, 0) is 5.41 Å². The van der Waals surface area contributed by atoms with Gasteiger partial charge in [-0.05, 0) is 68.8 Å². The molecule has 1 heterocycles. The van der Waals surface area contributed by atoms with E-state index in [9.17, 15) is 5.26 Å². The van der Waals surface area contributed by atoms with Gasteiger partial charge < -0.3 is 0 Å². The van der Waals surface area contributed by atoms with Crippen molar-refractivity contribution in [1.82, 2.24) is 15.0 Å². The lowest BCUT2D eigenvalue weighted by Gasteiger charge is -2.22. The van der Waals surface area contributed by atoms with E-state index in [2.05, 4.69) is 92.7 Å². The number of hydrogen-bond donors (Lipinski definition) is 0. The van der Waals surface area contributed by atoms with Crippen LogP contribution < -0.4 is 0 Å². The minimum absolute atomic E-state index is 0.184. The standard InChI is InChI=1S/C43H30N4/c1-43(2)38-24-28(27-44)16-22-36(38)37-23-21-35(26-39(37)43)34-15-9-14-33(25-34)29-17-19-32(20-18-29)42-46-40(30-10-5-3-6-11-30)45-41(47-42)31-12-7-4-8-13-31/h3-26H,1-2H3. The quantitative estimate of drug-likeness (QED) is 0.197. The predicted octanol–water partition coefficient (Wildman–Crippen LogP) is 10.4. The maximum atomic E-state index is 9.49. The van der Waals surface area contributed by atoms with Crippen molar-refractivity contribution < 1.29 is 0 Å². The Bertz CT molecular complexity index is 2260. The molecule has 47 heavy (non-hydrogen) atoms. The molecule has 0 unspecified atom stereocenters. The van der Waals surface area contributed by atoms with Crippen LogP contribution in [0.4, 0.5) is 0 Å². The zero-order valence-electron chi connectivity index (χ0n) is 26.1. The molecule has 0 amide bonds. The van der Waals surface area contributed by atoms with E-state index in [4.69, 9.17) is 15.0 Å². The highest BCUT2D eigenvalue weighted by molar-refractivity contribution is 5.85. The lowest BCUT2D eigenvalue weighted by atomic mass is 9.81. The predicted molar refractivity (Wildman–Crippen MR) is 189 cm³/mol. The zero-order chi connectivity index (χ0) is 32.0. The minimum atomic E-state index is -0.184. The van der Waals surface area contributed by atoms with Gasteiger partial charge in [0.05, 0.1) is 11.6 Å². The molecule has 4 nitrogen and oxygen atoms in total. The third-order valence-electron chi connectivity index (χ3n) is 9.18. The highest BCUT2D eigenvalue weighted by atomic mass is 15.0. The summed E-state index contributed by atoms with van der Waals surface area (Å²) in [7, 11) is 0. The molecule has 4 heteroatoms. The van der Waals surface area contributed by atoms with E-state index in [1.54, 1.807) is 0 Å². The highest BCUT2D eigenvalue weighted by Crippen LogP contribution is 2.50. The summed E-state index contributed by atoms with van der Waals surface area (Å²) < 4.78 is 0. The fraction of sp³-hybridized carbons (Fsp3) is 0.0698. The monoisotopic (exact) mass is 602 g/mol. The van der Waals surface area contributed by atoms with Gasteiger partial charge in [-0.2, -0.15) is 5.26 Å². The molecule has 0 bridgehead atoms. The van der Waals surface area contributed by atoms with E-state index < -0.39 is 0 Å². The number of hydrogen-bond acceptors (Lipinski definition) is 4. The zero-order valence-corrected chi connectivity index (χ0v) is 26.1. The third-order valence-corrected chi connectivity index (χ3v) is 9.18. The van der Waals surface area contributed by atoms with Crippen LogP contribution in [-0.4, -0.2) is 15.0 Å². The Morgan fingerprint density at radius 3 is 1.43 bits per heavy atom. The molecule has 0 radical (unpaired) electrons. The van der Waals surface area contributed by atoms with E-state index in [-0.39, 0.29) is 5.41 Å². The van der Waals surface area contributed by atoms with Gasteiger partial charge in [-0.1, -0.05) is 135 Å². The Labute approximate surface area is 274 Å². The molecule has 0 spiro atoms. The number of nitriles is 1. The summed E-state index contributed by atoms with van der Waals surface area (Å²) in [6.07, 6.45) is 0. The molecular weight excluding hydrogens is 573 g/mol. The molecule has 0 saturated heterocycles. The Kier molecular flexibility index (Phi) is 6.82. The van der Waals surface area contributed by atoms with E-state index >= 15 is 0 Å². The average molecular weight is 603 g/mol. The molecule has 0 N–H and O–H groups in total. The van der Waals surface area contributed by atoms with E-state index in [1.165, 1.54) is 27.8 Å². The van der Waals surface area contributed by atoms with Crippen molar-refractivity contribution in [2.75, 3.05) is 0 Å². The maximum Gasteiger partial charge on any atom is 0.164 e. The third kappa shape index (κ3) is 5.09. The lowest BCUT2D eigenvalue weighted by Crippen LogP contribution is -2.15. The molecule has 1 aromatic heterocycles. The van der Waals surface area contributed by atoms with E-state index in [1.807, 2.05) is 72.8 Å². The summed E-state index contributed by atoms with van der Waals surface area (Å²) in [5.74, 6) is 1.94. The Hall–Kier alpha value is -6.18. The number of rotatable bonds is 5. The van der Waals surface area contributed by atoms with Crippen LogP contribution in [0.2, 0.25) is 0 Å². The first kappa shape index (κ1) is 28.3. The number of fused-ring (bicyclic) bond motifs is 3. The lowest BCUT2D eigenvalue weighted by molar-refractivity contribution is 0.660. The van der Waals surface area contributed by atoms with Crippen LogP contribution in [0, 0.1) is 11.3 Å². The summed E-state index contributed by atoms with van der Waals surface area (Å²) >= 11 is 0. The van der Waals surface area contributed by atoms with Gasteiger partial charge >= 0.3 is 0 Å². The smallest absolute Gasteiger partial charge is 0.164 e. The van der Waals surface area contributed by atoms with Gasteiger partial charge in [0.25, 0.3) is 0 Å². The molecule has 1 aliphatic rings. The van der Waals surface area contributed by atoms with Crippen molar-refractivity contribution in [3.05, 3.63) is 162 Å². The largest absolute Gasteiger partial charge is 0.208 e. The minimum Gasteiger partial charge on any atom is -0.208 e. The molecule has 7 aromatic rings. The maximum absolute atomic E-state index is 9.49. The van der Waals surface area contributed by atoms with Crippen molar-refractivity contribution in [1.29, 1.82) is 5.26 Å². The van der Waals surface area contributed by atoms with Gasteiger partial charge in [-0.25, -0.2) is 15.0 Å². The second-order valence-corrected chi connectivity index (χ2v) is 12.5. The van der Waals surface area contributed by atoms with E-state index in [0.29, 0.717) is 23.0 Å². The normalized spacial score (nSPS) is 12.6. The average Bonchev–Trinajstić information content (AvgIpc) is 3.37. The molecule has 222 valence electrons. The first-order valence-corrected chi connectivity index (χ1v) is 15.8. The number of benzene rings is 6. The summed E-state index contributed by atoms with van der Waals surface area (Å²) in [6, 6.07) is 52.3. The number of aromatic nitrogens is 3. The Morgan fingerprint density at radius 1 is 0.426 bits per heavy atom. The summed E-state index contributed by atoms with van der Waals surface area (Å²) in [5.41, 5.74) is 12.9. The fourth-order valence-corrected chi connectivity index (χ4v) is 6.61. The molecule has 6 aromatic carbocycles. The summed E-state index contributed by atoms with van der Waals surface area (Å²) in [6.45, 7) is 4.50. The molecule has 8 rings (SSSR count). The molecule has 1 aliphatic carbocycles. The Balaban J connectivity index is 1.13. The van der Waals surface area contributed by atoms with Gasteiger partial charge in [-0.15, -0.1) is 0 Å². The second kappa shape index (κ2) is 11.3. The first-order chi connectivity index (χ1) is 23.0. The highest BCUT2D eigenvalue weighted by Gasteiger charge is 2.35. The van der Waals surface area contributed by atoms with Crippen molar-refractivity contribution in [3.63, 3.8) is 0 Å². The summed E-state index contributed by atoms with van der Waals surface area (Å²) in [4.78, 5) is 14.6. The topological polar surface area (TPSA) is 62.5 Å². The fourth-order valence-electron chi connectivity index (χ4n) is 6.61. The van der Waals surface area contributed by atoms with Crippen LogP contribution >= 0.6 is 0 Å². The van der Waals surface area contributed by atoms with E-state index in [0.717, 1.165) is 33.4 Å². The van der Waals surface area contributed by atoms with Crippen LogP contribution in [0.3, 0.4) is 0 Å².